The lowest BCUT2D eigenvalue weighted by atomic mass is 9.49. The second-order valence-corrected chi connectivity index (χ2v) is 14.4. The summed E-state index contributed by atoms with van der Waals surface area (Å²) in [4.78, 5) is 36.8. The minimum absolute atomic E-state index is 0.120. The average molecular weight is 651 g/mol. The summed E-state index contributed by atoms with van der Waals surface area (Å²) in [5.74, 6) is 1.84. The fourth-order valence-electron chi connectivity index (χ4n) is 7.72. The molecule has 11 heteroatoms. The van der Waals surface area contributed by atoms with Gasteiger partial charge in [0.05, 0.1) is 29.3 Å². The summed E-state index contributed by atoms with van der Waals surface area (Å²) in [6, 6.07) is 10.9. The van der Waals surface area contributed by atoms with Crippen molar-refractivity contribution in [2.75, 3.05) is 63.9 Å². The van der Waals surface area contributed by atoms with Crippen LogP contribution < -0.4 is 15.0 Å². The Bertz CT molecular complexity index is 1420. The Balaban J connectivity index is 1.08. The molecule has 46 heavy (non-hydrogen) atoms. The van der Waals surface area contributed by atoms with Crippen LogP contribution in [0.4, 0.5) is 5.82 Å². The number of anilines is 1. The standard InChI is InChI=1S/C35H47ClN6O4/c1-6-45-30(43)23-41-17-15-40(16-18-41)13-11-24-12-14-42(22-24)29-10-8-26(21-38-29)31(44)39-32-34(2,3)33(35(32,4)5)46-27-9-7-25(20-37)28(36)19-27/h7-10,19,21,24,32-33H,6,11-18,22-23H2,1-5H3,(H,39,44)/t24?,32-,33-. The van der Waals surface area contributed by atoms with Gasteiger partial charge in [0.1, 0.15) is 23.7 Å². The number of carbonyl (C=O) groups is 2. The van der Waals surface area contributed by atoms with E-state index >= 15 is 0 Å². The lowest BCUT2D eigenvalue weighted by Gasteiger charge is -2.63. The predicted molar refractivity (Wildman–Crippen MR) is 178 cm³/mol. The van der Waals surface area contributed by atoms with Gasteiger partial charge in [0.2, 0.25) is 0 Å². The van der Waals surface area contributed by atoms with Crippen LogP contribution in [0, 0.1) is 28.1 Å². The molecule has 5 rings (SSSR count). The maximum Gasteiger partial charge on any atom is 0.320 e. The number of piperazine rings is 1. The van der Waals surface area contributed by atoms with Gasteiger partial charge in [-0.3, -0.25) is 14.5 Å². The van der Waals surface area contributed by atoms with Crippen LogP contribution in [-0.2, 0) is 9.53 Å². The number of aromatic nitrogens is 1. The molecule has 2 aliphatic heterocycles. The third kappa shape index (κ3) is 7.43. The van der Waals surface area contributed by atoms with Gasteiger partial charge in [-0.25, -0.2) is 4.98 Å². The van der Waals surface area contributed by atoms with Crippen molar-refractivity contribution in [1.29, 1.82) is 5.26 Å². The largest absolute Gasteiger partial charge is 0.489 e. The van der Waals surface area contributed by atoms with E-state index in [1.54, 1.807) is 24.4 Å². The molecule has 1 atom stereocenters. The molecule has 3 aliphatic rings. The Morgan fingerprint density at radius 2 is 1.78 bits per heavy atom. The quantitative estimate of drug-likeness (QED) is 0.349. The van der Waals surface area contributed by atoms with Crippen molar-refractivity contribution in [2.24, 2.45) is 16.7 Å². The summed E-state index contributed by atoms with van der Waals surface area (Å²) in [6.45, 7) is 17.8. The van der Waals surface area contributed by atoms with E-state index in [0.29, 0.717) is 41.0 Å². The van der Waals surface area contributed by atoms with E-state index in [1.807, 2.05) is 19.1 Å². The lowest BCUT2D eigenvalue weighted by molar-refractivity contribution is -0.164. The van der Waals surface area contributed by atoms with Crippen LogP contribution in [0.5, 0.6) is 5.75 Å². The number of nitrogens with zero attached hydrogens (tertiary/aromatic N) is 5. The zero-order valence-electron chi connectivity index (χ0n) is 27.7. The Kier molecular flexibility index (Phi) is 10.5. The first-order chi connectivity index (χ1) is 21.9. The Hall–Kier alpha value is -3.39. The summed E-state index contributed by atoms with van der Waals surface area (Å²) >= 11 is 6.22. The molecule has 0 spiro atoms. The summed E-state index contributed by atoms with van der Waals surface area (Å²) in [5, 5.41) is 12.8. The van der Waals surface area contributed by atoms with Crippen molar-refractivity contribution >= 4 is 29.3 Å². The van der Waals surface area contributed by atoms with Crippen molar-refractivity contribution in [3.8, 4) is 11.8 Å². The van der Waals surface area contributed by atoms with Crippen LogP contribution in [-0.4, -0.2) is 97.8 Å². The molecule has 0 bridgehead atoms. The normalized spacial score (nSPS) is 24.1. The minimum Gasteiger partial charge on any atom is -0.489 e. The number of halogens is 1. The van der Waals surface area contributed by atoms with Gasteiger partial charge < -0.3 is 24.6 Å². The number of amides is 1. The predicted octanol–water partition coefficient (Wildman–Crippen LogP) is 4.62. The number of benzene rings is 1. The van der Waals surface area contributed by atoms with Gasteiger partial charge in [0, 0.05) is 68.4 Å². The number of carbonyl (C=O) groups excluding carboxylic acids is 2. The lowest BCUT2D eigenvalue weighted by Crippen LogP contribution is -2.74. The molecule has 1 aliphatic carbocycles. The fraction of sp³-hybridized carbons (Fsp3) is 0.600. The van der Waals surface area contributed by atoms with Gasteiger partial charge in [-0.1, -0.05) is 39.3 Å². The number of ether oxygens (including phenoxy) is 2. The molecule has 10 nitrogen and oxygen atoms in total. The van der Waals surface area contributed by atoms with Crippen molar-refractivity contribution in [1.82, 2.24) is 20.1 Å². The first kappa shape index (κ1) is 34.0. The van der Waals surface area contributed by atoms with Crippen molar-refractivity contribution in [3.63, 3.8) is 0 Å². The highest BCUT2D eigenvalue weighted by molar-refractivity contribution is 6.31. The summed E-state index contributed by atoms with van der Waals surface area (Å²) in [5.41, 5.74) is 0.267. The van der Waals surface area contributed by atoms with E-state index in [-0.39, 0.29) is 34.9 Å². The van der Waals surface area contributed by atoms with Gasteiger partial charge in [0.15, 0.2) is 0 Å². The number of pyridine rings is 1. The van der Waals surface area contributed by atoms with Crippen molar-refractivity contribution in [3.05, 3.63) is 52.7 Å². The summed E-state index contributed by atoms with van der Waals surface area (Å²) in [6.07, 6.45) is 3.79. The molecule has 3 fully saturated rings. The van der Waals surface area contributed by atoms with Gasteiger partial charge in [-0.2, -0.15) is 5.26 Å². The molecule has 2 aromatic rings. The van der Waals surface area contributed by atoms with E-state index in [2.05, 4.69) is 58.8 Å². The van der Waals surface area contributed by atoms with Crippen LogP contribution in [0.15, 0.2) is 36.5 Å². The third-order valence-electron chi connectivity index (χ3n) is 10.0. The van der Waals surface area contributed by atoms with E-state index < -0.39 is 0 Å². The Morgan fingerprint density at radius 3 is 2.41 bits per heavy atom. The maximum atomic E-state index is 13.3. The molecule has 2 saturated heterocycles. The van der Waals surface area contributed by atoms with E-state index in [4.69, 9.17) is 26.3 Å². The van der Waals surface area contributed by atoms with Gasteiger partial charge in [-0.15, -0.1) is 0 Å². The van der Waals surface area contributed by atoms with Crippen molar-refractivity contribution in [2.45, 2.75) is 59.6 Å². The molecular formula is C35H47ClN6O4. The highest BCUT2D eigenvalue weighted by Crippen LogP contribution is 2.55. The average Bonchev–Trinajstić information content (AvgIpc) is 3.51. The number of hydrogen-bond donors (Lipinski definition) is 1. The minimum atomic E-state index is -0.340. The molecule has 1 aromatic carbocycles. The van der Waals surface area contributed by atoms with E-state index in [9.17, 15) is 9.59 Å². The summed E-state index contributed by atoms with van der Waals surface area (Å²) < 4.78 is 11.4. The molecule has 1 saturated carbocycles. The van der Waals surface area contributed by atoms with Gasteiger partial charge in [0.25, 0.3) is 5.91 Å². The SMILES string of the molecule is CCOC(=O)CN1CCN(CCC2CCN(c3ccc(C(=O)N[C@H]4C(C)(C)[C@H](Oc5ccc(C#N)c(Cl)c5)C4(C)C)cn3)C2)CC1. The van der Waals surface area contributed by atoms with E-state index in [0.717, 1.165) is 64.5 Å². The Morgan fingerprint density at radius 1 is 1.07 bits per heavy atom. The summed E-state index contributed by atoms with van der Waals surface area (Å²) in [7, 11) is 0. The highest BCUT2D eigenvalue weighted by Gasteiger charge is 2.64. The zero-order chi connectivity index (χ0) is 33.1. The Labute approximate surface area is 278 Å². The molecule has 1 amide bonds. The van der Waals surface area contributed by atoms with Crippen LogP contribution in [0.2, 0.25) is 5.02 Å². The topological polar surface area (TPSA) is 111 Å². The maximum absolute atomic E-state index is 13.3. The van der Waals surface area contributed by atoms with Gasteiger partial charge >= 0.3 is 5.97 Å². The van der Waals surface area contributed by atoms with Crippen molar-refractivity contribution < 1.29 is 19.1 Å². The molecule has 1 aromatic heterocycles. The number of esters is 1. The molecular weight excluding hydrogens is 604 g/mol. The highest BCUT2D eigenvalue weighted by atomic mass is 35.5. The molecule has 0 radical (unpaired) electrons. The van der Waals surface area contributed by atoms with Crippen LogP contribution >= 0.6 is 11.6 Å². The molecule has 1 unspecified atom stereocenters. The van der Waals surface area contributed by atoms with Crippen LogP contribution in [0.1, 0.15) is 63.4 Å². The zero-order valence-corrected chi connectivity index (χ0v) is 28.5. The number of nitrogens with one attached hydrogen (secondary N) is 1. The number of hydrogen-bond acceptors (Lipinski definition) is 9. The fourth-order valence-corrected chi connectivity index (χ4v) is 7.93. The van der Waals surface area contributed by atoms with Gasteiger partial charge in [-0.05, 0) is 56.5 Å². The van der Waals surface area contributed by atoms with Crippen LogP contribution in [0.3, 0.4) is 0 Å². The number of rotatable bonds is 11. The second-order valence-electron chi connectivity index (χ2n) is 14.0. The van der Waals surface area contributed by atoms with E-state index in [1.165, 1.54) is 0 Å². The smallest absolute Gasteiger partial charge is 0.320 e. The van der Waals surface area contributed by atoms with Crippen LogP contribution in [0.25, 0.3) is 0 Å². The number of nitriles is 1. The first-order valence-corrected chi connectivity index (χ1v) is 16.8. The second kappa shape index (κ2) is 14.2. The third-order valence-corrected chi connectivity index (χ3v) is 10.3. The molecule has 248 valence electrons. The monoisotopic (exact) mass is 650 g/mol. The first-order valence-electron chi connectivity index (χ1n) is 16.4. The molecule has 1 N–H and O–H groups in total. The molecule has 3 heterocycles.